The molecule has 0 radical (unpaired) electrons. The van der Waals surface area contributed by atoms with Crippen molar-refractivity contribution in [3.05, 3.63) is 28.0 Å². The van der Waals surface area contributed by atoms with Crippen molar-refractivity contribution in [3.63, 3.8) is 0 Å². The van der Waals surface area contributed by atoms with Crippen LogP contribution in [0.15, 0.2) is 16.5 Å². The molecular formula is C11H14N4O4S2. The number of sulfonamides is 1. The fraction of sp³-hybridized carbons (Fsp3) is 0.364. The standard InChI is InChI=1S/C11H14N4O4S2/c1-6-8(7(9(16)17)14-13-6)21(18,19)15-11(2,3)10-12-4-5-20-10/h4-5,15H,1-3H3,(H,13,14)(H,16,17). The quantitative estimate of drug-likeness (QED) is 0.753. The Hall–Kier alpha value is -1.78. The summed E-state index contributed by atoms with van der Waals surface area (Å²) >= 11 is 1.30. The van der Waals surface area contributed by atoms with Crippen LogP contribution in [0.2, 0.25) is 0 Å². The van der Waals surface area contributed by atoms with Crippen LogP contribution in [0.3, 0.4) is 0 Å². The van der Waals surface area contributed by atoms with Crippen molar-refractivity contribution in [2.24, 2.45) is 0 Å². The number of nitrogens with one attached hydrogen (secondary N) is 2. The van der Waals surface area contributed by atoms with Crippen molar-refractivity contribution in [1.29, 1.82) is 0 Å². The van der Waals surface area contributed by atoms with Gasteiger partial charge in [-0.3, -0.25) is 5.10 Å². The zero-order valence-electron chi connectivity index (χ0n) is 11.5. The number of H-pyrrole nitrogens is 1. The predicted molar refractivity (Wildman–Crippen MR) is 75.7 cm³/mol. The fourth-order valence-corrected chi connectivity index (χ4v) is 4.34. The number of aromatic carboxylic acids is 1. The van der Waals surface area contributed by atoms with Gasteiger partial charge in [-0.05, 0) is 20.8 Å². The number of aromatic amines is 1. The average Bonchev–Trinajstić information content (AvgIpc) is 2.95. The Bertz CT molecular complexity index is 762. The van der Waals surface area contributed by atoms with Crippen molar-refractivity contribution in [3.8, 4) is 0 Å². The summed E-state index contributed by atoms with van der Waals surface area (Å²) in [4.78, 5) is 14.8. The van der Waals surface area contributed by atoms with Crippen molar-refractivity contribution >= 4 is 27.3 Å². The Balaban J connectivity index is 2.45. The first-order chi connectivity index (χ1) is 9.65. The van der Waals surface area contributed by atoms with Gasteiger partial charge in [0.1, 0.15) is 9.90 Å². The van der Waals surface area contributed by atoms with Gasteiger partial charge in [0.15, 0.2) is 5.69 Å². The monoisotopic (exact) mass is 330 g/mol. The normalized spacial score (nSPS) is 12.5. The number of nitrogens with zero attached hydrogens (tertiary/aromatic N) is 2. The third-order valence-corrected chi connectivity index (χ3v) is 5.63. The minimum absolute atomic E-state index is 0.162. The molecule has 0 saturated heterocycles. The smallest absolute Gasteiger partial charge is 0.357 e. The number of hydrogen-bond acceptors (Lipinski definition) is 6. The molecule has 0 bridgehead atoms. The number of thiazole rings is 1. The maximum absolute atomic E-state index is 12.5. The van der Waals surface area contributed by atoms with Crippen molar-refractivity contribution in [2.75, 3.05) is 0 Å². The summed E-state index contributed by atoms with van der Waals surface area (Å²) in [7, 11) is -4.06. The van der Waals surface area contributed by atoms with Crippen LogP contribution in [-0.4, -0.2) is 34.7 Å². The SMILES string of the molecule is Cc1[nH]nc(C(=O)O)c1S(=O)(=O)NC(C)(C)c1nccs1. The summed E-state index contributed by atoms with van der Waals surface area (Å²) in [5.74, 6) is -1.41. The first kappa shape index (κ1) is 15.6. The van der Waals surface area contributed by atoms with Gasteiger partial charge in [-0.2, -0.15) is 9.82 Å². The molecule has 0 amide bonds. The molecule has 21 heavy (non-hydrogen) atoms. The lowest BCUT2D eigenvalue weighted by Crippen LogP contribution is -2.41. The van der Waals surface area contributed by atoms with E-state index in [0.717, 1.165) is 0 Å². The lowest BCUT2D eigenvalue weighted by molar-refractivity contribution is 0.0686. The second-order valence-electron chi connectivity index (χ2n) is 4.90. The van der Waals surface area contributed by atoms with Gasteiger partial charge < -0.3 is 5.11 Å². The maximum Gasteiger partial charge on any atom is 0.357 e. The van der Waals surface area contributed by atoms with Crippen LogP contribution < -0.4 is 4.72 Å². The largest absolute Gasteiger partial charge is 0.476 e. The van der Waals surface area contributed by atoms with Crippen molar-refractivity contribution < 1.29 is 18.3 Å². The molecule has 114 valence electrons. The van der Waals surface area contributed by atoms with E-state index in [2.05, 4.69) is 19.9 Å². The van der Waals surface area contributed by atoms with Gasteiger partial charge in [0, 0.05) is 11.6 Å². The van der Waals surface area contributed by atoms with Crippen molar-refractivity contribution in [2.45, 2.75) is 31.2 Å². The Morgan fingerprint density at radius 1 is 1.48 bits per heavy atom. The molecule has 0 atom stereocenters. The lowest BCUT2D eigenvalue weighted by atomic mass is 10.1. The van der Waals surface area contributed by atoms with E-state index in [1.165, 1.54) is 18.3 Å². The van der Waals surface area contributed by atoms with Gasteiger partial charge in [0.2, 0.25) is 10.0 Å². The highest BCUT2D eigenvalue weighted by Gasteiger charge is 2.35. The molecule has 0 unspecified atom stereocenters. The highest BCUT2D eigenvalue weighted by molar-refractivity contribution is 7.89. The topological polar surface area (TPSA) is 125 Å². The second kappa shape index (κ2) is 5.20. The first-order valence-electron chi connectivity index (χ1n) is 5.87. The average molecular weight is 330 g/mol. The van der Waals surface area contributed by atoms with E-state index in [0.29, 0.717) is 5.01 Å². The predicted octanol–water partition coefficient (Wildman–Crippen LogP) is 1.09. The summed E-state index contributed by atoms with van der Waals surface area (Å²) in [5, 5.41) is 17.2. The zero-order valence-corrected chi connectivity index (χ0v) is 13.2. The van der Waals surface area contributed by atoms with Crippen LogP contribution in [0.5, 0.6) is 0 Å². The second-order valence-corrected chi connectivity index (χ2v) is 7.41. The molecule has 10 heteroatoms. The van der Waals surface area contributed by atoms with Gasteiger partial charge in [0.25, 0.3) is 0 Å². The van der Waals surface area contributed by atoms with E-state index >= 15 is 0 Å². The summed E-state index contributed by atoms with van der Waals surface area (Å²) in [6.07, 6.45) is 1.57. The van der Waals surface area contributed by atoms with Gasteiger partial charge in [0.05, 0.1) is 11.2 Å². The summed E-state index contributed by atoms with van der Waals surface area (Å²) in [6, 6.07) is 0. The van der Waals surface area contributed by atoms with Crippen LogP contribution >= 0.6 is 11.3 Å². The summed E-state index contributed by atoms with van der Waals surface area (Å²) in [6.45, 7) is 4.75. The van der Waals surface area contributed by atoms with E-state index in [1.807, 2.05) is 0 Å². The van der Waals surface area contributed by atoms with Crippen LogP contribution in [0, 0.1) is 6.92 Å². The fourth-order valence-electron chi connectivity index (χ4n) is 1.86. The van der Waals surface area contributed by atoms with E-state index in [-0.39, 0.29) is 10.6 Å². The molecule has 0 aliphatic carbocycles. The Morgan fingerprint density at radius 3 is 2.67 bits per heavy atom. The molecule has 8 nitrogen and oxygen atoms in total. The molecule has 0 aromatic carbocycles. The third kappa shape index (κ3) is 2.96. The number of carbonyl (C=O) groups is 1. The van der Waals surface area contributed by atoms with Crippen LogP contribution in [0.1, 0.15) is 35.0 Å². The number of carboxylic acid groups (broad SMARTS) is 1. The van der Waals surface area contributed by atoms with Crippen molar-refractivity contribution in [1.82, 2.24) is 19.9 Å². The van der Waals surface area contributed by atoms with Gasteiger partial charge in [-0.15, -0.1) is 11.3 Å². The number of aryl methyl sites for hydroxylation is 1. The molecular weight excluding hydrogens is 316 g/mol. The lowest BCUT2D eigenvalue weighted by Gasteiger charge is -2.23. The molecule has 0 fully saturated rings. The molecule has 2 rings (SSSR count). The molecule has 2 heterocycles. The van der Waals surface area contributed by atoms with Crippen LogP contribution in [-0.2, 0) is 15.6 Å². The Kier molecular flexibility index (Phi) is 3.87. The van der Waals surface area contributed by atoms with E-state index < -0.39 is 27.2 Å². The van der Waals surface area contributed by atoms with Crippen LogP contribution in [0.25, 0.3) is 0 Å². The molecule has 2 aromatic heterocycles. The first-order valence-corrected chi connectivity index (χ1v) is 8.23. The van der Waals surface area contributed by atoms with Gasteiger partial charge in [-0.25, -0.2) is 18.2 Å². The molecule has 0 aliphatic rings. The van der Waals surface area contributed by atoms with E-state index in [4.69, 9.17) is 5.11 Å². The highest BCUT2D eigenvalue weighted by atomic mass is 32.2. The summed E-state index contributed by atoms with van der Waals surface area (Å²) < 4.78 is 27.5. The van der Waals surface area contributed by atoms with Crippen LogP contribution in [0.4, 0.5) is 0 Å². The Morgan fingerprint density at radius 2 is 2.14 bits per heavy atom. The number of carboxylic acids is 1. The third-order valence-electron chi connectivity index (χ3n) is 2.72. The Labute approximate surface area is 125 Å². The molecule has 2 aromatic rings. The maximum atomic E-state index is 12.5. The number of hydrogen-bond donors (Lipinski definition) is 3. The van der Waals surface area contributed by atoms with Gasteiger partial charge in [-0.1, -0.05) is 0 Å². The van der Waals surface area contributed by atoms with E-state index in [9.17, 15) is 13.2 Å². The molecule has 0 aliphatic heterocycles. The summed E-state index contributed by atoms with van der Waals surface area (Å²) in [5.41, 5.74) is -1.34. The number of aromatic nitrogens is 3. The minimum atomic E-state index is -4.06. The number of rotatable bonds is 5. The molecule has 0 saturated carbocycles. The van der Waals surface area contributed by atoms with Gasteiger partial charge >= 0.3 is 5.97 Å². The molecule has 0 spiro atoms. The highest BCUT2D eigenvalue weighted by Crippen LogP contribution is 2.26. The zero-order chi connectivity index (χ0) is 15.8. The van der Waals surface area contributed by atoms with E-state index in [1.54, 1.807) is 25.4 Å². The minimum Gasteiger partial charge on any atom is -0.476 e. The molecule has 3 N–H and O–H groups in total.